The molecule has 2 aromatic carbocycles. The van der Waals surface area contributed by atoms with Gasteiger partial charge in [0, 0.05) is 12.5 Å². The molecule has 3 rings (SSSR count). The molecular formula is C24H32N2O. The maximum atomic E-state index is 12.7. The largest absolute Gasteiger partial charge is 0.349 e. The molecule has 0 radical (unpaired) electrons. The molecular weight excluding hydrogens is 332 g/mol. The first kappa shape index (κ1) is 19.6. The summed E-state index contributed by atoms with van der Waals surface area (Å²) < 4.78 is 0. The molecule has 3 nitrogen and oxygen atoms in total. The number of rotatable bonds is 6. The van der Waals surface area contributed by atoms with Crippen molar-refractivity contribution >= 4 is 5.91 Å². The third kappa shape index (κ3) is 5.20. The van der Waals surface area contributed by atoms with Crippen LogP contribution in [0.1, 0.15) is 55.0 Å². The van der Waals surface area contributed by atoms with E-state index in [0.717, 1.165) is 38.9 Å². The lowest BCUT2D eigenvalue weighted by atomic mass is 9.94. The van der Waals surface area contributed by atoms with E-state index in [4.69, 9.17) is 0 Å². The third-order valence-electron chi connectivity index (χ3n) is 5.86. The van der Waals surface area contributed by atoms with Gasteiger partial charge in [-0.1, -0.05) is 55.5 Å². The van der Waals surface area contributed by atoms with Gasteiger partial charge in [-0.3, -0.25) is 9.69 Å². The summed E-state index contributed by atoms with van der Waals surface area (Å²) in [4.78, 5) is 15.2. The Morgan fingerprint density at radius 2 is 1.78 bits per heavy atom. The van der Waals surface area contributed by atoms with E-state index in [1.807, 2.05) is 0 Å². The van der Waals surface area contributed by atoms with Gasteiger partial charge in [-0.2, -0.15) is 0 Å². The molecule has 0 aromatic heterocycles. The van der Waals surface area contributed by atoms with Crippen molar-refractivity contribution in [2.75, 3.05) is 13.1 Å². The summed E-state index contributed by atoms with van der Waals surface area (Å²) in [6.45, 7) is 9.38. The minimum absolute atomic E-state index is 0.0633. The summed E-state index contributed by atoms with van der Waals surface area (Å²) in [6.07, 6.45) is 2.93. The zero-order chi connectivity index (χ0) is 19.2. The Hall–Kier alpha value is -2.13. The van der Waals surface area contributed by atoms with Crippen molar-refractivity contribution in [1.82, 2.24) is 10.2 Å². The molecule has 1 heterocycles. The fraction of sp³-hybridized carbons (Fsp3) is 0.458. The molecule has 2 aromatic rings. The van der Waals surface area contributed by atoms with Gasteiger partial charge >= 0.3 is 0 Å². The number of hydrogen-bond acceptors (Lipinski definition) is 2. The Bertz CT molecular complexity index is 745. The molecule has 1 aliphatic rings. The van der Waals surface area contributed by atoms with E-state index >= 15 is 0 Å². The molecule has 1 atom stereocenters. The first-order chi connectivity index (χ1) is 13.1. The van der Waals surface area contributed by atoms with Gasteiger partial charge in [0.2, 0.25) is 5.91 Å². The number of likely N-dealkylation sites (tertiary alicyclic amines) is 1. The van der Waals surface area contributed by atoms with Crippen LogP contribution in [0, 0.1) is 12.8 Å². The van der Waals surface area contributed by atoms with Crippen molar-refractivity contribution in [3.8, 4) is 0 Å². The molecule has 1 amide bonds. The van der Waals surface area contributed by atoms with E-state index in [0.29, 0.717) is 0 Å². The molecule has 144 valence electrons. The number of benzene rings is 2. The summed E-state index contributed by atoms with van der Waals surface area (Å²) in [5.74, 6) is 0.341. The smallest absolute Gasteiger partial charge is 0.223 e. The maximum Gasteiger partial charge on any atom is 0.223 e. The van der Waals surface area contributed by atoms with Crippen molar-refractivity contribution in [2.45, 2.75) is 52.6 Å². The lowest BCUT2D eigenvalue weighted by Gasteiger charge is -2.32. The standard InChI is InChI=1S/C24H32N2O/c1-4-20-9-11-21(12-10-20)19(3)25-24(27)22-13-15-26(16-14-22)17-23-8-6-5-7-18(23)2/h5-12,19,22H,4,13-17H2,1-3H3,(H,25,27)/t19-/m0/s1. The van der Waals surface area contributed by atoms with Crippen molar-refractivity contribution in [3.63, 3.8) is 0 Å². The van der Waals surface area contributed by atoms with Crippen molar-refractivity contribution < 1.29 is 4.79 Å². The number of nitrogens with zero attached hydrogens (tertiary/aromatic N) is 1. The van der Waals surface area contributed by atoms with Crippen molar-refractivity contribution in [3.05, 3.63) is 70.8 Å². The second-order valence-electron chi connectivity index (χ2n) is 7.80. The summed E-state index contributed by atoms with van der Waals surface area (Å²) >= 11 is 0. The van der Waals surface area contributed by atoms with Gasteiger partial charge in [0.25, 0.3) is 0 Å². The van der Waals surface area contributed by atoms with Crippen LogP contribution in [-0.4, -0.2) is 23.9 Å². The van der Waals surface area contributed by atoms with E-state index in [9.17, 15) is 4.79 Å². The maximum absolute atomic E-state index is 12.7. The third-order valence-corrected chi connectivity index (χ3v) is 5.86. The van der Waals surface area contributed by atoms with E-state index in [-0.39, 0.29) is 17.9 Å². The number of nitrogens with one attached hydrogen (secondary N) is 1. The summed E-state index contributed by atoms with van der Waals surface area (Å²) in [5.41, 5.74) is 5.25. The lowest BCUT2D eigenvalue weighted by Crippen LogP contribution is -2.41. The van der Waals surface area contributed by atoms with E-state index < -0.39 is 0 Å². The van der Waals surface area contributed by atoms with Crippen LogP contribution in [-0.2, 0) is 17.8 Å². The molecule has 1 aliphatic heterocycles. The van der Waals surface area contributed by atoms with Crippen LogP contribution < -0.4 is 5.32 Å². The molecule has 0 unspecified atom stereocenters. The average Bonchev–Trinajstić information content (AvgIpc) is 2.70. The predicted molar refractivity (Wildman–Crippen MR) is 112 cm³/mol. The summed E-state index contributed by atoms with van der Waals surface area (Å²) in [6, 6.07) is 17.2. The summed E-state index contributed by atoms with van der Waals surface area (Å²) in [5, 5.41) is 3.22. The number of hydrogen-bond donors (Lipinski definition) is 1. The number of piperidine rings is 1. The second kappa shape index (κ2) is 9.18. The molecule has 1 N–H and O–H groups in total. The Morgan fingerprint density at radius 3 is 2.41 bits per heavy atom. The second-order valence-corrected chi connectivity index (χ2v) is 7.80. The average molecular weight is 365 g/mol. The highest BCUT2D eigenvalue weighted by molar-refractivity contribution is 5.79. The van der Waals surface area contributed by atoms with Gasteiger partial charge in [-0.25, -0.2) is 0 Å². The Labute approximate surface area is 163 Å². The molecule has 3 heteroatoms. The van der Waals surface area contributed by atoms with E-state index in [2.05, 4.69) is 79.5 Å². The van der Waals surface area contributed by atoms with Gasteiger partial charge in [0.15, 0.2) is 0 Å². The number of carbonyl (C=O) groups excluding carboxylic acids is 1. The highest BCUT2D eigenvalue weighted by Gasteiger charge is 2.26. The van der Waals surface area contributed by atoms with Gasteiger partial charge in [-0.05, 0) is 68.5 Å². The molecule has 0 spiro atoms. The molecule has 0 bridgehead atoms. The van der Waals surface area contributed by atoms with Crippen LogP contribution >= 0.6 is 0 Å². The molecule has 27 heavy (non-hydrogen) atoms. The highest BCUT2D eigenvalue weighted by Crippen LogP contribution is 2.22. The molecule has 0 saturated carbocycles. The lowest BCUT2D eigenvalue weighted by molar-refractivity contribution is -0.127. The minimum atomic E-state index is 0.0633. The van der Waals surface area contributed by atoms with E-state index in [1.165, 1.54) is 22.3 Å². The topological polar surface area (TPSA) is 32.3 Å². The Balaban J connectivity index is 1.48. The highest BCUT2D eigenvalue weighted by atomic mass is 16.1. The number of amides is 1. The van der Waals surface area contributed by atoms with Crippen LogP contribution in [0.3, 0.4) is 0 Å². The SMILES string of the molecule is CCc1ccc([C@H](C)NC(=O)C2CCN(Cc3ccccc3C)CC2)cc1. The van der Waals surface area contributed by atoms with Gasteiger partial charge in [-0.15, -0.1) is 0 Å². The summed E-state index contributed by atoms with van der Waals surface area (Å²) in [7, 11) is 0. The van der Waals surface area contributed by atoms with Crippen LogP contribution in [0.5, 0.6) is 0 Å². The Kier molecular flexibility index (Phi) is 6.68. The van der Waals surface area contributed by atoms with E-state index in [1.54, 1.807) is 0 Å². The monoisotopic (exact) mass is 364 g/mol. The molecule has 1 saturated heterocycles. The Morgan fingerprint density at radius 1 is 1.11 bits per heavy atom. The number of carbonyl (C=O) groups is 1. The number of aryl methyl sites for hydroxylation is 2. The first-order valence-electron chi connectivity index (χ1n) is 10.2. The van der Waals surface area contributed by atoms with Crippen molar-refractivity contribution in [2.24, 2.45) is 5.92 Å². The fourth-order valence-corrected chi connectivity index (χ4v) is 3.84. The van der Waals surface area contributed by atoms with Crippen LogP contribution in [0.2, 0.25) is 0 Å². The predicted octanol–water partition coefficient (Wildman–Crippen LogP) is 4.65. The fourth-order valence-electron chi connectivity index (χ4n) is 3.84. The quantitative estimate of drug-likeness (QED) is 0.809. The zero-order valence-electron chi connectivity index (χ0n) is 16.9. The van der Waals surface area contributed by atoms with Crippen LogP contribution in [0.25, 0.3) is 0 Å². The molecule has 0 aliphatic carbocycles. The van der Waals surface area contributed by atoms with Crippen molar-refractivity contribution in [1.29, 1.82) is 0 Å². The first-order valence-corrected chi connectivity index (χ1v) is 10.2. The van der Waals surface area contributed by atoms with Gasteiger partial charge in [0.05, 0.1) is 6.04 Å². The van der Waals surface area contributed by atoms with Crippen LogP contribution in [0.15, 0.2) is 48.5 Å². The minimum Gasteiger partial charge on any atom is -0.349 e. The normalized spacial score (nSPS) is 16.9. The van der Waals surface area contributed by atoms with Gasteiger partial charge < -0.3 is 5.32 Å². The van der Waals surface area contributed by atoms with Gasteiger partial charge in [0.1, 0.15) is 0 Å². The zero-order valence-corrected chi connectivity index (χ0v) is 16.9. The molecule has 1 fully saturated rings. The van der Waals surface area contributed by atoms with Crippen LogP contribution in [0.4, 0.5) is 0 Å².